The molecular formula is C20H24N4O4S. The lowest BCUT2D eigenvalue weighted by Gasteiger charge is -2.18. The van der Waals surface area contributed by atoms with E-state index in [0.717, 1.165) is 17.0 Å². The topological polar surface area (TPSA) is 105 Å². The van der Waals surface area contributed by atoms with Gasteiger partial charge < -0.3 is 9.64 Å². The van der Waals surface area contributed by atoms with Crippen LogP contribution in [0.25, 0.3) is 0 Å². The summed E-state index contributed by atoms with van der Waals surface area (Å²) in [5.41, 5.74) is 2.94. The third-order valence-electron chi connectivity index (χ3n) is 5.21. The number of benzene rings is 1. The summed E-state index contributed by atoms with van der Waals surface area (Å²) in [4.78, 5) is 14.0. The zero-order valence-corrected chi connectivity index (χ0v) is 17.6. The Morgan fingerprint density at radius 2 is 2.10 bits per heavy atom. The Bertz CT molecular complexity index is 1070. The van der Waals surface area contributed by atoms with E-state index in [9.17, 15) is 13.2 Å². The van der Waals surface area contributed by atoms with Gasteiger partial charge in [0.25, 0.3) is 5.91 Å². The average molecular weight is 417 g/mol. The van der Waals surface area contributed by atoms with E-state index in [-0.39, 0.29) is 30.1 Å². The molecule has 9 heteroatoms. The predicted molar refractivity (Wildman–Crippen MR) is 107 cm³/mol. The fourth-order valence-electron chi connectivity index (χ4n) is 3.51. The fourth-order valence-corrected chi connectivity index (χ4v) is 5.20. The molecule has 1 aliphatic heterocycles. The molecule has 154 valence electrons. The summed E-state index contributed by atoms with van der Waals surface area (Å²) in [6.07, 6.45) is 0.560. The van der Waals surface area contributed by atoms with Crippen molar-refractivity contribution in [2.45, 2.75) is 32.9 Å². The third-order valence-corrected chi connectivity index (χ3v) is 6.96. The summed E-state index contributed by atoms with van der Waals surface area (Å²) in [6.45, 7) is 3.93. The molecule has 1 atom stereocenters. The Morgan fingerprint density at radius 3 is 2.76 bits per heavy atom. The van der Waals surface area contributed by atoms with Crippen molar-refractivity contribution in [1.29, 1.82) is 5.26 Å². The van der Waals surface area contributed by atoms with Crippen molar-refractivity contribution in [2.75, 3.05) is 25.2 Å². The standard InChI is InChI=1S/C20H24N4O4S/c1-14-18(15(2)24(22-14)17-8-9-29(26,27)13-17)11-23(3)20(25)12-28-19-7-5-4-6-16(19)10-21/h4-7,17H,8-9,11-13H2,1-3H3/t17-/m0/s1. The van der Waals surface area contributed by atoms with Crippen LogP contribution in [0.2, 0.25) is 0 Å². The molecule has 1 aromatic carbocycles. The molecule has 1 fully saturated rings. The van der Waals surface area contributed by atoms with E-state index in [0.29, 0.717) is 24.3 Å². The minimum atomic E-state index is -3.00. The van der Waals surface area contributed by atoms with Crippen molar-refractivity contribution in [1.82, 2.24) is 14.7 Å². The molecule has 1 aliphatic rings. The monoisotopic (exact) mass is 416 g/mol. The van der Waals surface area contributed by atoms with E-state index < -0.39 is 9.84 Å². The molecule has 0 spiro atoms. The van der Waals surface area contributed by atoms with Gasteiger partial charge in [-0.05, 0) is 32.4 Å². The number of nitriles is 1. The van der Waals surface area contributed by atoms with Crippen molar-refractivity contribution in [3.8, 4) is 11.8 Å². The van der Waals surface area contributed by atoms with Crippen LogP contribution in [0.3, 0.4) is 0 Å². The van der Waals surface area contributed by atoms with Gasteiger partial charge in [-0.25, -0.2) is 8.42 Å². The summed E-state index contributed by atoms with van der Waals surface area (Å²) in [6, 6.07) is 8.65. The highest BCUT2D eigenvalue weighted by Crippen LogP contribution is 2.27. The van der Waals surface area contributed by atoms with Crippen LogP contribution in [0.1, 0.15) is 35.0 Å². The van der Waals surface area contributed by atoms with Gasteiger partial charge in [0.1, 0.15) is 11.8 Å². The lowest BCUT2D eigenvalue weighted by atomic mass is 10.1. The van der Waals surface area contributed by atoms with E-state index in [1.807, 2.05) is 19.9 Å². The molecule has 8 nitrogen and oxygen atoms in total. The number of amides is 1. The van der Waals surface area contributed by atoms with E-state index >= 15 is 0 Å². The summed E-state index contributed by atoms with van der Waals surface area (Å²) in [7, 11) is -1.33. The minimum Gasteiger partial charge on any atom is -0.482 e. The van der Waals surface area contributed by atoms with Gasteiger partial charge in [0.15, 0.2) is 16.4 Å². The molecule has 0 saturated carbocycles. The van der Waals surface area contributed by atoms with E-state index in [1.54, 1.807) is 40.9 Å². The van der Waals surface area contributed by atoms with Gasteiger partial charge in [0, 0.05) is 24.8 Å². The highest BCUT2D eigenvalue weighted by Gasteiger charge is 2.31. The van der Waals surface area contributed by atoms with E-state index in [4.69, 9.17) is 10.00 Å². The molecule has 3 rings (SSSR count). The first-order valence-corrected chi connectivity index (χ1v) is 11.1. The molecule has 2 aromatic rings. The lowest BCUT2D eigenvalue weighted by Crippen LogP contribution is -2.31. The number of carbonyl (C=O) groups is 1. The Labute approximate surface area is 170 Å². The van der Waals surface area contributed by atoms with Crippen LogP contribution in [-0.2, 0) is 21.2 Å². The molecule has 1 amide bonds. The summed E-state index contributed by atoms with van der Waals surface area (Å²) in [5.74, 6) is 0.438. The van der Waals surface area contributed by atoms with Crippen LogP contribution in [0.5, 0.6) is 5.75 Å². The van der Waals surface area contributed by atoms with Crippen LogP contribution >= 0.6 is 0 Å². The van der Waals surface area contributed by atoms with Crippen molar-refractivity contribution < 1.29 is 17.9 Å². The molecule has 0 aliphatic carbocycles. The molecule has 1 saturated heterocycles. The molecule has 2 heterocycles. The number of hydrogen-bond donors (Lipinski definition) is 0. The molecule has 1 aromatic heterocycles. The van der Waals surface area contributed by atoms with Gasteiger partial charge in [-0.1, -0.05) is 12.1 Å². The smallest absolute Gasteiger partial charge is 0.260 e. The Kier molecular flexibility index (Phi) is 5.94. The maximum atomic E-state index is 12.5. The third kappa shape index (κ3) is 4.59. The van der Waals surface area contributed by atoms with Crippen molar-refractivity contribution in [2.24, 2.45) is 0 Å². The van der Waals surface area contributed by atoms with Gasteiger partial charge in [-0.3, -0.25) is 9.48 Å². The van der Waals surface area contributed by atoms with Gasteiger partial charge in [-0.15, -0.1) is 0 Å². The Balaban J connectivity index is 1.66. The lowest BCUT2D eigenvalue weighted by molar-refractivity contribution is -0.132. The number of aromatic nitrogens is 2. The molecular weight excluding hydrogens is 392 g/mol. The SMILES string of the molecule is Cc1nn([C@H]2CCS(=O)(=O)C2)c(C)c1CN(C)C(=O)COc1ccccc1C#N. The average Bonchev–Trinajstić information content (AvgIpc) is 3.19. The first-order chi connectivity index (χ1) is 13.7. The van der Waals surface area contributed by atoms with Gasteiger partial charge in [0.05, 0.1) is 28.8 Å². The summed E-state index contributed by atoms with van der Waals surface area (Å²) >= 11 is 0. The second-order valence-electron chi connectivity index (χ2n) is 7.30. The Hall–Kier alpha value is -2.86. The second-order valence-corrected chi connectivity index (χ2v) is 9.53. The number of para-hydroxylation sites is 1. The number of sulfone groups is 1. The summed E-state index contributed by atoms with van der Waals surface area (Å²) < 4.78 is 30.9. The number of likely N-dealkylation sites (N-methyl/N-ethyl adjacent to an activating group) is 1. The molecule has 0 bridgehead atoms. The predicted octanol–water partition coefficient (Wildman–Crippen LogP) is 1.77. The highest BCUT2D eigenvalue weighted by atomic mass is 32.2. The number of aryl methyl sites for hydroxylation is 1. The first kappa shape index (κ1) is 20.9. The van der Waals surface area contributed by atoms with Crippen LogP contribution in [-0.4, -0.2) is 54.2 Å². The van der Waals surface area contributed by atoms with Gasteiger partial charge >= 0.3 is 0 Å². The number of rotatable bonds is 6. The number of nitrogens with zero attached hydrogens (tertiary/aromatic N) is 4. The van der Waals surface area contributed by atoms with Crippen LogP contribution < -0.4 is 4.74 Å². The summed E-state index contributed by atoms with van der Waals surface area (Å²) in [5, 5.41) is 13.6. The quantitative estimate of drug-likeness (QED) is 0.711. The first-order valence-electron chi connectivity index (χ1n) is 9.32. The maximum Gasteiger partial charge on any atom is 0.260 e. The Morgan fingerprint density at radius 1 is 1.38 bits per heavy atom. The molecule has 0 N–H and O–H groups in total. The number of hydrogen-bond acceptors (Lipinski definition) is 6. The van der Waals surface area contributed by atoms with Crippen molar-refractivity contribution in [3.05, 3.63) is 46.8 Å². The minimum absolute atomic E-state index is 0.106. The van der Waals surface area contributed by atoms with Crippen molar-refractivity contribution >= 4 is 15.7 Å². The largest absolute Gasteiger partial charge is 0.482 e. The second kappa shape index (κ2) is 8.25. The number of ether oxygens (including phenoxy) is 1. The maximum absolute atomic E-state index is 12.5. The molecule has 0 unspecified atom stereocenters. The van der Waals surface area contributed by atoms with E-state index in [2.05, 4.69) is 5.10 Å². The van der Waals surface area contributed by atoms with Gasteiger partial charge in [0.2, 0.25) is 0 Å². The van der Waals surface area contributed by atoms with Crippen LogP contribution in [0.4, 0.5) is 0 Å². The highest BCUT2D eigenvalue weighted by molar-refractivity contribution is 7.91. The normalized spacial score (nSPS) is 17.7. The van der Waals surface area contributed by atoms with Crippen molar-refractivity contribution in [3.63, 3.8) is 0 Å². The zero-order valence-electron chi connectivity index (χ0n) is 16.8. The van der Waals surface area contributed by atoms with E-state index in [1.165, 1.54) is 0 Å². The van der Waals surface area contributed by atoms with Crippen LogP contribution in [0.15, 0.2) is 24.3 Å². The molecule has 0 radical (unpaired) electrons. The van der Waals surface area contributed by atoms with Gasteiger partial charge in [-0.2, -0.15) is 10.4 Å². The zero-order chi connectivity index (χ0) is 21.2. The fraction of sp³-hybridized carbons (Fsp3) is 0.450. The van der Waals surface area contributed by atoms with Crippen LogP contribution in [0, 0.1) is 25.2 Å². The number of carbonyl (C=O) groups excluding carboxylic acids is 1. The molecule has 29 heavy (non-hydrogen) atoms.